The van der Waals surface area contributed by atoms with Crippen LogP contribution in [-0.4, -0.2) is 65.2 Å². The number of ether oxygens (including phenoxy) is 1. The maximum Gasteiger partial charge on any atom is 0.328 e. The van der Waals surface area contributed by atoms with Gasteiger partial charge in [0.1, 0.15) is 12.6 Å². The largest absolute Gasteiger partial charge is 0.480 e. The predicted octanol–water partition coefficient (Wildman–Crippen LogP) is 0.929. The molecule has 2 unspecified atom stereocenters. The molecule has 1 fully saturated rings. The summed E-state index contributed by atoms with van der Waals surface area (Å²) >= 11 is 0. The number of carbonyl (C=O) groups is 3. The maximum atomic E-state index is 12.5. The molecule has 2 amide bonds. The molecule has 0 radical (unpaired) electrons. The van der Waals surface area contributed by atoms with Gasteiger partial charge in [-0.1, -0.05) is 6.92 Å². The van der Waals surface area contributed by atoms with Crippen LogP contribution < -0.4 is 0 Å². The van der Waals surface area contributed by atoms with Crippen LogP contribution in [0.4, 0.5) is 4.79 Å². The molecule has 0 aromatic carbocycles. The van der Waals surface area contributed by atoms with Crippen LogP contribution in [0.2, 0.25) is 0 Å². The summed E-state index contributed by atoms with van der Waals surface area (Å²) in [6.45, 7) is 3.77. The van der Waals surface area contributed by atoms with E-state index in [2.05, 4.69) is 0 Å². The molecule has 0 aromatic heterocycles. The number of aliphatic carboxylic acids is 1. The van der Waals surface area contributed by atoms with Gasteiger partial charge in [0.2, 0.25) is 0 Å². The lowest BCUT2D eigenvalue weighted by Crippen LogP contribution is -2.52. The summed E-state index contributed by atoms with van der Waals surface area (Å²) in [7, 11) is 1.28. The van der Waals surface area contributed by atoms with Gasteiger partial charge in [0.05, 0.1) is 7.11 Å². The maximum absolute atomic E-state index is 12.5. The predicted molar refractivity (Wildman–Crippen MR) is 71.2 cm³/mol. The van der Waals surface area contributed by atoms with Crippen molar-refractivity contribution in [2.24, 2.45) is 0 Å². The van der Waals surface area contributed by atoms with Crippen molar-refractivity contribution in [3.63, 3.8) is 0 Å². The number of likely N-dealkylation sites (tertiary alicyclic amines) is 1. The number of hydrogen-bond acceptors (Lipinski definition) is 4. The highest BCUT2D eigenvalue weighted by Crippen LogP contribution is 2.21. The molecule has 114 valence electrons. The molecule has 0 saturated carbocycles. The van der Waals surface area contributed by atoms with Crippen LogP contribution in [0.5, 0.6) is 0 Å². The molecule has 20 heavy (non-hydrogen) atoms. The zero-order valence-corrected chi connectivity index (χ0v) is 12.2. The number of carbonyl (C=O) groups excluding carboxylic acids is 2. The second-order valence-corrected chi connectivity index (χ2v) is 4.94. The van der Waals surface area contributed by atoms with Gasteiger partial charge in [0.15, 0.2) is 0 Å². The third kappa shape index (κ3) is 3.61. The standard InChI is InChI=1S/C13H22N2O5/c1-4-9(2)15(8-11(16)17)13(19)14-7-5-6-10(14)12(18)20-3/h9-10H,4-8H2,1-3H3,(H,16,17). The zero-order chi connectivity index (χ0) is 15.3. The number of carboxylic acids is 1. The van der Waals surface area contributed by atoms with E-state index in [1.54, 1.807) is 6.92 Å². The van der Waals surface area contributed by atoms with Gasteiger partial charge in [-0.15, -0.1) is 0 Å². The summed E-state index contributed by atoms with van der Waals surface area (Å²) in [6, 6.07) is -1.21. The molecule has 1 heterocycles. The van der Waals surface area contributed by atoms with E-state index in [1.807, 2.05) is 6.92 Å². The minimum absolute atomic E-state index is 0.197. The van der Waals surface area contributed by atoms with Gasteiger partial charge in [-0.2, -0.15) is 0 Å². The fourth-order valence-electron chi connectivity index (χ4n) is 2.32. The molecular weight excluding hydrogens is 264 g/mol. The van der Waals surface area contributed by atoms with Crippen molar-refractivity contribution < 1.29 is 24.2 Å². The first-order valence-electron chi connectivity index (χ1n) is 6.79. The lowest BCUT2D eigenvalue weighted by molar-refractivity contribution is -0.145. The van der Waals surface area contributed by atoms with Crippen molar-refractivity contribution in [1.82, 2.24) is 9.80 Å². The molecule has 1 saturated heterocycles. The van der Waals surface area contributed by atoms with Crippen LogP contribution in [0.15, 0.2) is 0 Å². The van der Waals surface area contributed by atoms with E-state index in [1.165, 1.54) is 16.9 Å². The van der Waals surface area contributed by atoms with Gasteiger partial charge in [-0.25, -0.2) is 9.59 Å². The van der Waals surface area contributed by atoms with Gasteiger partial charge in [-0.05, 0) is 26.2 Å². The van der Waals surface area contributed by atoms with Crippen molar-refractivity contribution >= 4 is 18.0 Å². The minimum Gasteiger partial charge on any atom is -0.480 e. The van der Waals surface area contributed by atoms with Gasteiger partial charge in [-0.3, -0.25) is 4.79 Å². The van der Waals surface area contributed by atoms with E-state index in [9.17, 15) is 14.4 Å². The highest BCUT2D eigenvalue weighted by atomic mass is 16.5. The van der Waals surface area contributed by atoms with Gasteiger partial charge < -0.3 is 19.6 Å². The Morgan fingerprint density at radius 2 is 2.10 bits per heavy atom. The van der Waals surface area contributed by atoms with Crippen molar-refractivity contribution in [2.75, 3.05) is 20.2 Å². The average molecular weight is 286 g/mol. The third-order valence-electron chi connectivity index (χ3n) is 3.65. The summed E-state index contributed by atoms with van der Waals surface area (Å²) in [5.41, 5.74) is 0. The van der Waals surface area contributed by atoms with E-state index < -0.39 is 24.0 Å². The van der Waals surface area contributed by atoms with Gasteiger partial charge >= 0.3 is 18.0 Å². The molecule has 1 aliphatic rings. The summed E-state index contributed by atoms with van der Waals surface area (Å²) < 4.78 is 4.69. The van der Waals surface area contributed by atoms with Crippen molar-refractivity contribution in [2.45, 2.75) is 45.2 Å². The normalized spacial score (nSPS) is 19.6. The lowest BCUT2D eigenvalue weighted by atomic mass is 10.2. The Hall–Kier alpha value is -1.79. The van der Waals surface area contributed by atoms with Crippen LogP contribution in [0, 0.1) is 0 Å². The second-order valence-electron chi connectivity index (χ2n) is 4.94. The van der Waals surface area contributed by atoms with Gasteiger partial charge in [0.25, 0.3) is 0 Å². The molecule has 0 spiro atoms. The molecule has 0 aromatic rings. The van der Waals surface area contributed by atoms with Crippen molar-refractivity contribution in [3.05, 3.63) is 0 Å². The number of rotatable bonds is 5. The quantitative estimate of drug-likeness (QED) is 0.760. The third-order valence-corrected chi connectivity index (χ3v) is 3.65. The number of methoxy groups -OCH3 is 1. The lowest BCUT2D eigenvalue weighted by Gasteiger charge is -2.33. The van der Waals surface area contributed by atoms with Crippen LogP contribution in [-0.2, 0) is 14.3 Å². The summed E-state index contributed by atoms with van der Waals surface area (Å²) in [5, 5.41) is 8.94. The highest BCUT2D eigenvalue weighted by molar-refractivity contribution is 5.86. The first-order valence-corrected chi connectivity index (χ1v) is 6.79. The molecular formula is C13H22N2O5. The summed E-state index contributed by atoms with van der Waals surface area (Å²) in [5.74, 6) is -1.51. The Balaban J connectivity index is 2.87. The Kier molecular flexibility index (Phi) is 5.79. The summed E-state index contributed by atoms with van der Waals surface area (Å²) in [4.78, 5) is 37.8. The Morgan fingerprint density at radius 3 is 2.60 bits per heavy atom. The van der Waals surface area contributed by atoms with Crippen LogP contribution in [0.3, 0.4) is 0 Å². The number of carboxylic acid groups (broad SMARTS) is 1. The van der Waals surface area contributed by atoms with Crippen LogP contribution in [0.25, 0.3) is 0 Å². The number of amides is 2. The topological polar surface area (TPSA) is 87.2 Å². The van der Waals surface area contributed by atoms with E-state index in [-0.39, 0.29) is 12.6 Å². The molecule has 0 bridgehead atoms. The monoisotopic (exact) mass is 286 g/mol. The number of hydrogen-bond donors (Lipinski definition) is 1. The highest BCUT2D eigenvalue weighted by Gasteiger charge is 2.38. The fraction of sp³-hybridized carbons (Fsp3) is 0.769. The van der Waals surface area contributed by atoms with E-state index >= 15 is 0 Å². The Morgan fingerprint density at radius 1 is 1.45 bits per heavy atom. The van der Waals surface area contributed by atoms with E-state index in [0.717, 1.165) is 0 Å². The first-order chi connectivity index (χ1) is 9.42. The second kappa shape index (κ2) is 7.12. The molecule has 0 aliphatic carbocycles. The molecule has 7 nitrogen and oxygen atoms in total. The number of esters is 1. The average Bonchev–Trinajstić information content (AvgIpc) is 2.91. The van der Waals surface area contributed by atoms with E-state index in [4.69, 9.17) is 9.84 Å². The smallest absolute Gasteiger partial charge is 0.328 e. The van der Waals surface area contributed by atoms with Gasteiger partial charge in [0, 0.05) is 12.6 Å². The molecule has 1 N–H and O–H groups in total. The summed E-state index contributed by atoms with van der Waals surface area (Å²) in [6.07, 6.45) is 1.92. The number of urea groups is 1. The van der Waals surface area contributed by atoms with Crippen LogP contribution >= 0.6 is 0 Å². The first kappa shape index (κ1) is 16.3. The SMILES string of the molecule is CCC(C)N(CC(=O)O)C(=O)N1CCCC1C(=O)OC. The van der Waals surface area contributed by atoms with Crippen molar-refractivity contribution in [3.8, 4) is 0 Å². The minimum atomic E-state index is -1.06. The van der Waals surface area contributed by atoms with E-state index in [0.29, 0.717) is 25.8 Å². The Labute approximate surface area is 118 Å². The fourth-order valence-corrected chi connectivity index (χ4v) is 2.32. The Bertz CT molecular complexity index is 385. The van der Waals surface area contributed by atoms with Crippen LogP contribution in [0.1, 0.15) is 33.1 Å². The molecule has 2 atom stereocenters. The molecule has 1 aliphatic heterocycles. The zero-order valence-electron chi connectivity index (χ0n) is 12.2. The number of nitrogens with zero attached hydrogens (tertiary/aromatic N) is 2. The van der Waals surface area contributed by atoms with Crippen molar-refractivity contribution in [1.29, 1.82) is 0 Å². The molecule has 7 heteroatoms. The molecule has 1 rings (SSSR count).